The van der Waals surface area contributed by atoms with Crippen LogP contribution >= 0.6 is 11.3 Å². The molecule has 0 fully saturated rings. The molecule has 0 saturated carbocycles. The van der Waals surface area contributed by atoms with Crippen molar-refractivity contribution < 1.29 is 14.7 Å². The first-order valence-corrected chi connectivity index (χ1v) is 7.09. The van der Waals surface area contributed by atoms with Crippen LogP contribution in [-0.2, 0) is 4.79 Å². The van der Waals surface area contributed by atoms with Gasteiger partial charge in [0.1, 0.15) is 6.04 Å². The first kappa shape index (κ1) is 15.4. The second kappa shape index (κ2) is 7.73. The Morgan fingerprint density at radius 2 is 2.26 bits per heavy atom. The zero-order valence-corrected chi connectivity index (χ0v) is 11.9. The molecule has 7 heteroatoms. The molecule has 3 N–H and O–H groups in total. The smallest absolute Gasteiger partial charge is 0.326 e. The van der Waals surface area contributed by atoms with Gasteiger partial charge < -0.3 is 15.7 Å². The number of hydrogen-bond acceptors (Lipinski definition) is 4. The number of nitrogens with zero attached hydrogens (tertiary/aromatic N) is 1. The van der Waals surface area contributed by atoms with Crippen molar-refractivity contribution in [1.82, 2.24) is 15.6 Å². The van der Waals surface area contributed by atoms with Gasteiger partial charge in [-0.15, -0.1) is 11.3 Å². The number of hydrogen-bond donors (Lipinski definition) is 3. The van der Waals surface area contributed by atoms with E-state index in [1.54, 1.807) is 6.20 Å². The molecule has 2 amide bonds. The third-order valence-corrected chi connectivity index (χ3v) is 3.63. The molecule has 0 bridgehead atoms. The van der Waals surface area contributed by atoms with Gasteiger partial charge >= 0.3 is 12.0 Å². The van der Waals surface area contributed by atoms with Crippen LogP contribution in [0.3, 0.4) is 0 Å². The maximum absolute atomic E-state index is 11.6. The monoisotopic (exact) mass is 285 g/mol. The van der Waals surface area contributed by atoms with Gasteiger partial charge in [0.05, 0.1) is 5.01 Å². The summed E-state index contributed by atoms with van der Waals surface area (Å²) < 4.78 is 0. The predicted octanol–water partition coefficient (Wildman–Crippen LogP) is 1.80. The van der Waals surface area contributed by atoms with Crippen LogP contribution in [0.15, 0.2) is 11.6 Å². The summed E-state index contributed by atoms with van der Waals surface area (Å²) in [6.07, 6.45) is 2.84. The van der Waals surface area contributed by atoms with E-state index in [1.165, 1.54) is 11.3 Å². The van der Waals surface area contributed by atoms with Crippen molar-refractivity contribution in [2.75, 3.05) is 6.54 Å². The van der Waals surface area contributed by atoms with Crippen LogP contribution in [0.4, 0.5) is 4.79 Å². The minimum Gasteiger partial charge on any atom is -0.480 e. The molecule has 1 aromatic heterocycles. The van der Waals surface area contributed by atoms with Crippen LogP contribution in [0.2, 0.25) is 0 Å². The summed E-state index contributed by atoms with van der Waals surface area (Å²) in [6, 6.07) is -1.29. The zero-order chi connectivity index (χ0) is 14.3. The van der Waals surface area contributed by atoms with E-state index in [-0.39, 0.29) is 5.92 Å². The molecule has 106 valence electrons. The zero-order valence-electron chi connectivity index (χ0n) is 11.0. The molecule has 1 aromatic rings. The van der Waals surface area contributed by atoms with Crippen LogP contribution in [0.5, 0.6) is 0 Å². The Morgan fingerprint density at radius 3 is 2.79 bits per heavy atom. The maximum atomic E-state index is 11.6. The van der Waals surface area contributed by atoms with E-state index in [1.807, 2.05) is 19.2 Å². The van der Waals surface area contributed by atoms with Crippen molar-refractivity contribution in [3.63, 3.8) is 0 Å². The fourth-order valence-electron chi connectivity index (χ4n) is 1.57. The highest BCUT2D eigenvalue weighted by Gasteiger charge is 2.19. The highest BCUT2D eigenvalue weighted by atomic mass is 32.1. The molecule has 0 aliphatic rings. The largest absolute Gasteiger partial charge is 0.480 e. The molecule has 1 rings (SSSR count). The van der Waals surface area contributed by atoms with Crippen molar-refractivity contribution >= 4 is 23.3 Å². The van der Waals surface area contributed by atoms with Crippen molar-refractivity contribution in [2.45, 2.75) is 38.6 Å². The molecule has 0 aromatic carbocycles. The molecule has 19 heavy (non-hydrogen) atoms. The average Bonchev–Trinajstić information content (AvgIpc) is 2.89. The SMILES string of the molecule is CCC[C@H](NC(=O)NCC(C)c1nccs1)C(=O)O. The number of carboxylic acids is 1. The lowest BCUT2D eigenvalue weighted by atomic mass is 10.2. The molecule has 0 spiro atoms. The highest BCUT2D eigenvalue weighted by molar-refractivity contribution is 7.09. The Bertz CT molecular complexity index is 408. The number of thiazole rings is 1. The minimum absolute atomic E-state index is 0.111. The van der Waals surface area contributed by atoms with Gasteiger partial charge in [0, 0.05) is 24.0 Å². The lowest BCUT2D eigenvalue weighted by molar-refractivity contribution is -0.139. The maximum Gasteiger partial charge on any atom is 0.326 e. The van der Waals surface area contributed by atoms with Crippen molar-refractivity contribution in [3.05, 3.63) is 16.6 Å². The Labute approximate surface area is 116 Å². The summed E-state index contributed by atoms with van der Waals surface area (Å²) in [5.74, 6) is -0.898. The lowest BCUT2D eigenvalue weighted by Gasteiger charge is -2.15. The van der Waals surface area contributed by atoms with Gasteiger partial charge in [-0.05, 0) is 6.42 Å². The summed E-state index contributed by atoms with van der Waals surface area (Å²) in [5.41, 5.74) is 0. The number of amides is 2. The number of rotatable bonds is 7. The number of nitrogens with one attached hydrogen (secondary N) is 2. The first-order valence-electron chi connectivity index (χ1n) is 6.21. The van der Waals surface area contributed by atoms with Crippen molar-refractivity contribution in [3.8, 4) is 0 Å². The summed E-state index contributed by atoms with van der Waals surface area (Å²) >= 11 is 1.53. The number of carbonyl (C=O) groups excluding carboxylic acids is 1. The van der Waals surface area contributed by atoms with Gasteiger partial charge in [-0.25, -0.2) is 14.6 Å². The average molecular weight is 285 g/mol. The van der Waals surface area contributed by atoms with Crippen LogP contribution in [-0.4, -0.2) is 34.7 Å². The fraction of sp³-hybridized carbons (Fsp3) is 0.583. The number of carbonyl (C=O) groups is 2. The van der Waals surface area contributed by atoms with E-state index in [4.69, 9.17) is 5.11 Å². The normalized spacial score (nSPS) is 13.6. The van der Waals surface area contributed by atoms with Gasteiger partial charge in [0.15, 0.2) is 0 Å². The molecule has 1 heterocycles. The summed E-state index contributed by atoms with van der Waals surface area (Å²) in [6.45, 7) is 4.26. The molecule has 2 atom stereocenters. The van der Waals surface area contributed by atoms with Crippen molar-refractivity contribution in [2.24, 2.45) is 0 Å². The molecule has 1 unspecified atom stereocenters. The van der Waals surface area contributed by atoms with E-state index in [9.17, 15) is 9.59 Å². The van der Waals surface area contributed by atoms with Crippen molar-refractivity contribution in [1.29, 1.82) is 0 Å². The molecule has 0 aliphatic carbocycles. The lowest BCUT2D eigenvalue weighted by Crippen LogP contribution is -2.46. The summed E-state index contributed by atoms with van der Waals surface area (Å²) in [5, 5.41) is 16.9. The van der Waals surface area contributed by atoms with Crippen LogP contribution in [0.25, 0.3) is 0 Å². The van der Waals surface area contributed by atoms with Crippen LogP contribution in [0.1, 0.15) is 37.6 Å². The third-order valence-electron chi connectivity index (χ3n) is 2.62. The molecular weight excluding hydrogens is 266 g/mol. The van der Waals surface area contributed by atoms with E-state index in [0.29, 0.717) is 19.4 Å². The van der Waals surface area contributed by atoms with Gasteiger partial charge in [0.2, 0.25) is 0 Å². The summed E-state index contributed by atoms with van der Waals surface area (Å²) in [4.78, 5) is 26.7. The van der Waals surface area contributed by atoms with Crippen LogP contribution in [0, 0.1) is 0 Å². The predicted molar refractivity (Wildman–Crippen MR) is 73.4 cm³/mol. The standard InChI is InChI=1S/C12H19N3O3S/c1-3-4-9(11(16)17)15-12(18)14-7-8(2)10-13-5-6-19-10/h5-6,8-9H,3-4,7H2,1-2H3,(H,16,17)(H2,14,15,18)/t8?,9-/m0/s1. The number of aromatic nitrogens is 1. The Balaban J connectivity index is 2.36. The van der Waals surface area contributed by atoms with E-state index < -0.39 is 18.0 Å². The van der Waals surface area contributed by atoms with E-state index >= 15 is 0 Å². The Morgan fingerprint density at radius 1 is 1.53 bits per heavy atom. The summed E-state index contributed by atoms with van der Waals surface area (Å²) in [7, 11) is 0. The number of urea groups is 1. The minimum atomic E-state index is -1.01. The van der Waals surface area contributed by atoms with Crippen LogP contribution < -0.4 is 10.6 Å². The number of carboxylic acid groups (broad SMARTS) is 1. The van der Waals surface area contributed by atoms with Gasteiger partial charge in [-0.3, -0.25) is 0 Å². The molecule has 0 aliphatic heterocycles. The Hall–Kier alpha value is -1.63. The topological polar surface area (TPSA) is 91.3 Å². The van der Waals surface area contributed by atoms with Gasteiger partial charge in [-0.2, -0.15) is 0 Å². The quantitative estimate of drug-likeness (QED) is 0.712. The second-order valence-corrected chi connectivity index (χ2v) is 5.23. The van der Waals surface area contributed by atoms with E-state index in [0.717, 1.165) is 5.01 Å². The highest BCUT2D eigenvalue weighted by Crippen LogP contribution is 2.16. The van der Waals surface area contributed by atoms with Gasteiger partial charge in [0.25, 0.3) is 0 Å². The molecular formula is C12H19N3O3S. The van der Waals surface area contributed by atoms with Gasteiger partial charge in [-0.1, -0.05) is 20.3 Å². The molecule has 0 radical (unpaired) electrons. The fourth-order valence-corrected chi connectivity index (χ4v) is 2.26. The first-order chi connectivity index (χ1) is 9.04. The Kier molecular flexibility index (Phi) is 6.27. The van der Waals surface area contributed by atoms with E-state index in [2.05, 4.69) is 15.6 Å². The molecule has 6 nitrogen and oxygen atoms in total. The molecule has 0 saturated heterocycles. The number of aliphatic carboxylic acids is 1. The second-order valence-electron chi connectivity index (χ2n) is 4.31. The third kappa shape index (κ3) is 5.25.